The molecule has 0 saturated carbocycles. The smallest absolute Gasteiger partial charge is 0.193 e. The van der Waals surface area contributed by atoms with Crippen LogP contribution in [-0.4, -0.2) is 31.5 Å². The standard InChI is InChI=1S/C13H20BrN3S/c1-4-5-6-9-17(3)13(15-2)16-10-11-7-8-12(14)18-11/h4,7-8H,1,5-6,9-10H2,2-3H3,(H,15,16). The summed E-state index contributed by atoms with van der Waals surface area (Å²) >= 11 is 5.21. The van der Waals surface area contributed by atoms with E-state index in [-0.39, 0.29) is 0 Å². The molecule has 0 aliphatic rings. The number of aliphatic imine (C=N–C) groups is 1. The molecule has 0 unspecified atom stereocenters. The van der Waals surface area contributed by atoms with E-state index in [0.29, 0.717) is 0 Å². The highest BCUT2D eigenvalue weighted by Crippen LogP contribution is 2.21. The van der Waals surface area contributed by atoms with E-state index in [1.807, 2.05) is 13.1 Å². The number of thiophene rings is 1. The molecule has 3 nitrogen and oxygen atoms in total. The first-order valence-electron chi connectivity index (χ1n) is 5.94. The van der Waals surface area contributed by atoms with Gasteiger partial charge in [0.05, 0.1) is 10.3 Å². The average Bonchev–Trinajstić information content (AvgIpc) is 2.76. The topological polar surface area (TPSA) is 27.6 Å². The number of nitrogens with one attached hydrogen (secondary N) is 1. The normalized spacial score (nSPS) is 11.4. The fraction of sp³-hybridized carbons (Fsp3) is 0.462. The number of guanidine groups is 1. The fourth-order valence-corrected chi connectivity index (χ4v) is 3.00. The van der Waals surface area contributed by atoms with Gasteiger partial charge < -0.3 is 10.2 Å². The lowest BCUT2D eigenvalue weighted by Crippen LogP contribution is -2.38. The summed E-state index contributed by atoms with van der Waals surface area (Å²) in [4.78, 5) is 7.73. The monoisotopic (exact) mass is 329 g/mol. The molecule has 1 rings (SSSR count). The first-order valence-corrected chi connectivity index (χ1v) is 7.55. The number of rotatable bonds is 6. The van der Waals surface area contributed by atoms with Crippen LogP contribution in [0.1, 0.15) is 17.7 Å². The summed E-state index contributed by atoms with van der Waals surface area (Å²) in [5, 5.41) is 3.37. The molecule has 0 bridgehead atoms. The van der Waals surface area contributed by atoms with Gasteiger partial charge in [-0.2, -0.15) is 0 Å². The van der Waals surface area contributed by atoms with E-state index in [9.17, 15) is 0 Å². The maximum absolute atomic E-state index is 4.29. The Morgan fingerprint density at radius 2 is 2.39 bits per heavy atom. The zero-order valence-electron chi connectivity index (χ0n) is 10.9. The molecule has 1 aromatic rings. The summed E-state index contributed by atoms with van der Waals surface area (Å²) in [6.07, 6.45) is 4.09. The van der Waals surface area contributed by atoms with Crippen molar-refractivity contribution in [1.29, 1.82) is 0 Å². The maximum atomic E-state index is 4.29. The molecule has 0 aliphatic heterocycles. The maximum Gasteiger partial charge on any atom is 0.193 e. The van der Waals surface area contributed by atoms with E-state index in [0.717, 1.165) is 35.7 Å². The van der Waals surface area contributed by atoms with Crippen molar-refractivity contribution in [2.75, 3.05) is 20.6 Å². The zero-order valence-corrected chi connectivity index (χ0v) is 13.4. The molecule has 0 aromatic carbocycles. The minimum Gasteiger partial charge on any atom is -0.351 e. The van der Waals surface area contributed by atoms with Gasteiger partial charge in [-0.3, -0.25) is 4.99 Å². The largest absolute Gasteiger partial charge is 0.351 e. The van der Waals surface area contributed by atoms with E-state index in [2.05, 4.69) is 56.9 Å². The SMILES string of the molecule is C=CCCCN(C)C(=NC)NCc1ccc(Br)s1. The molecule has 5 heteroatoms. The highest BCUT2D eigenvalue weighted by atomic mass is 79.9. The number of hydrogen-bond donors (Lipinski definition) is 1. The third kappa shape index (κ3) is 5.23. The van der Waals surface area contributed by atoms with Crippen LogP contribution < -0.4 is 5.32 Å². The van der Waals surface area contributed by atoms with Crippen LogP contribution in [0.25, 0.3) is 0 Å². The summed E-state index contributed by atoms with van der Waals surface area (Å²) in [5.74, 6) is 0.934. The second-order valence-corrected chi connectivity index (χ2v) is 6.51. The van der Waals surface area contributed by atoms with Gasteiger partial charge in [0.2, 0.25) is 0 Å². The van der Waals surface area contributed by atoms with Gasteiger partial charge in [-0.05, 0) is 40.9 Å². The lowest BCUT2D eigenvalue weighted by atomic mass is 10.3. The van der Waals surface area contributed by atoms with Gasteiger partial charge in [0.15, 0.2) is 5.96 Å². The van der Waals surface area contributed by atoms with Crippen LogP contribution >= 0.6 is 27.3 Å². The highest BCUT2D eigenvalue weighted by molar-refractivity contribution is 9.11. The minimum atomic E-state index is 0.814. The van der Waals surface area contributed by atoms with Crippen molar-refractivity contribution in [3.8, 4) is 0 Å². The summed E-state index contributed by atoms with van der Waals surface area (Å²) < 4.78 is 1.16. The van der Waals surface area contributed by atoms with Crippen molar-refractivity contribution in [2.24, 2.45) is 4.99 Å². The van der Waals surface area contributed by atoms with Gasteiger partial charge in [0.1, 0.15) is 0 Å². The Morgan fingerprint density at radius 1 is 1.61 bits per heavy atom. The molecule has 1 aromatic heterocycles. The molecule has 0 aliphatic carbocycles. The van der Waals surface area contributed by atoms with E-state index in [1.165, 1.54) is 4.88 Å². The second-order valence-electron chi connectivity index (χ2n) is 3.96. The first kappa shape index (κ1) is 15.2. The van der Waals surface area contributed by atoms with Gasteiger partial charge in [-0.25, -0.2) is 0 Å². The lowest BCUT2D eigenvalue weighted by Gasteiger charge is -2.21. The van der Waals surface area contributed by atoms with Gasteiger partial charge in [0.25, 0.3) is 0 Å². The number of halogens is 1. The Kier molecular flexibility index (Phi) is 7.05. The van der Waals surface area contributed by atoms with Gasteiger partial charge in [-0.1, -0.05) is 6.08 Å². The van der Waals surface area contributed by atoms with Crippen LogP contribution in [0.15, 0.2) is 33.6 Å². The average molecular weight is 330 g/mol. The molecule has 0 radical (unpaired) electrons. The molecule has 0 amide bonds. The number of nitrogens with zero attached hydrogens (tertiary/aromatic N) is 2. The highest BCUT2D eigenvalue weighted by Gasteiger charge is 2.05. The van der Waals surface area contributed by atoms with Crippen LogP contribution in [0.2, 0.25) is 0 Å². The molecule has 0 spiro atoms. The Bertz CT molecular complexity index is 401. The predicted molar refractivity (Wildman–Crippen MR) is 84.3 cm³/mol. The summed E-state index contributed by atoms with van der Waals surface area (Å²) in [6, 6.07) is 4.19. The predicted octanol–water partition coefficient (Wildman–Crippen LogP) is 3.48. The summed E-state index contributed by atoms with van der Waals surface area (Å²) in [5.41, 5.74) is 0. The molecule has 1 heterocycles. The Labute approximate surface area is 122 Å². The van der Waals surface area contributed by atoms with Crippen molar-refractivity contribution in [3.63, 3.8) is 0 Å². The van der Waals surface area contributed by atoms with Crippen molar-refractivity contribution in [2.45, 2.75) is 19.4 Å². The minimum absolute atomic E-state index is 0.814. The van der Waals surface area contributed by atoms with E-state index in [1.54, 1.807) is 11.3 Å². The van der Waals surface area contributed by atoms with E-state index < -0.39 is 0 Å². The number of unbranched alkanes of at least 4 members (excludes halogenated alkanes) is 1. The lowest BCUT2D eigenvalue weighted by molar-refractivity contribution is 0.470. The third-order valence-electron chi connectivity index (χ3n) is 2.52. The molecular weight excluding hydrogens is 310 g/mol. The molecule has 0 saturated heterocycles. The van der Waals surface area contributed by atoms with Crippen molar-refractivity contribution >= 4 is 33.2 Å². The van der Waals surface area contributed by atoms with Crippen LogP contribution in [0.5, 0.6) is 0 Å². The number of allylic oxidation sites excluding steroid dienone is 1. The first-order chi connectivity index (χ1) is 8.67. The second kappa shape index (κ2) is 8.32. The third-order valence-corrected chi connectivity index (χ3v) is 4.15. The molecule has 18 heavy (non-hydrogen) atoms. The van der Waals surface area contributed by atoms with E-state index >= 15 is 0 Å². The Hall–Kier alpha value is -0.810. The van der Waals surface area contributed by atoms with Gasteiger partial charge in [-0.15, -0.1) is 17.9 Å². The molecular formula is C13H20BrN3S. The molecule has 0 fully saturated rings. The molecule has 100 valence electrons. The van der Waals surface area contributed by atoms with Crippen LogP contribution in [0.4, 0.5) is 0 Å². The van der Waals surface area contributed by atoms with Crippen LogP contribution in [0, 0.1) is 0 Å². The molecule has 1 N–H and O–H groups in total. The van der Waals surface area contributed by atoms with Crippen LogP contribution in [0.3, 0.4) is 0 Å². The Balaban J connectivity index is 2.39. The van der Waals surface area contributed by atoms with Crippen molar-refractivity contribution < 1.29 is 0 Å². The van der Waals surface area contributed by atoms with Gasteiger partial charge >= 0.3 is 0 Å². The summed E-state index contributed by atoms with van der Waals surface area (Å²) in [7, 11) is 3.87. The number of hydrogen-bond acceptors (Lipinski definition) is 2. The van der Waals surface area contributed by atoms with Crippen molar-refractivity contribution in [3.05, 3.63) is 33.5 Å². The molecule has 0 atom stereocenters. The van der Waals surface area contributed by atoms with Crippen molar-refractivity contribution in [1.82, 2.24) is 10.2 Å². The van der Waals surface area contributed by atoms with E-state index in [4.69, 9.17) is 0 Å². The fourth-order valence-electron chi connectivity index (χ4n) is 1.58. The Morgan fingerprint density at radius 3 is 2.94 bits per heavy atom. The van der Waals surface area contributed by atoms with Gasteiger partial charge in [0, 0.05) is 25.5 Å². The summed E-state index contributed by atoms with van der Waals surface area (Å²) in [6.45, 7) is 5.53. The quantitative estimate of drug-likeness (QED) is 0.374. The van der Waals surface area contributed by atoms with Crippen LogP contribution in [-0.2, 0) is 6.54 Å². The zero-order chi connectivity index (χ0) is 13.4.